The number of hydrogen-bond donors (Lipinski definition) is 1. The van der Waals surface area contributed by atoms with Gasteiger partial charge in [0.2, 0.25) is 5.91 Å². The van der Waals surface area contributed by atoms with Crippen molar-refractivity contribution in [2.24, 2.45) is 0 Å². The van der Waals surface area contributed by atoms with Gasteiger partial charge in [0.25, 0.3) is 0 Å². The van der Waals surface area contributed by atoms with Crippen molar-refractivity contribution in [1.82, 2.24) is 5.32 Å². The predicted octanol–water partition coefficient (Wildman–Crippen LogP) is 4.43. The van der Waals surface area contributed by atoms with Crippen LogP contribution in [0.2, 0.25) is 0 Å². The molecule has 0 radical (unpaired) electrons. The highest BCUT2D eigenvalue weighted by Crippen LogP contribution is 2.19. The average molecular weight is 382 g/mol. The van der Waals surface area contributed by atoms with Crippen molar-refractivity contribution in [2.75, 3.05) is 12.3 Å². The lowest BCUT2D eigenvalue weighted by Crippen LogP contribution is -2.25. The first-order valence-electron chi connectivity index (χ1n) is 7.03. The van der Waals surface area contributed by atoms with E-state index in [-0.39, 0.29) is 11.7 Å². The first kappa shape index (κ1) is 17.0. The molecular formula is C17H17BrFNOS. The third-order valence-corrected chi connectivity index (χ3v) is 4.58. The first-order chi connectivity index (χ1) is 10.6. The van der Waals surface area contributed by atoms with Crippen molar-refractivity contribution in [1.29, 1.82) is 0 Å². The second kappa shape index (κ2) is 8.96. The summed E-state index contributed by atoms with van der Waals surface area (Å²) in [6.45, 7) is 0.628. The highest BCUT2D eigenvalue weighted by atomic mass is 79.9. The van der Waals surface area contributed by atoms with Gasteiger partial charge in [-0.1, -0.05) is 28.1 Å². The summed E-state index contributed by atoms with van der Waals surface area (Å²) in [7, 11) is 0. The summed E-state index contributed by atoms with van der Waals surface area (Å²) in [5.41, 5.74) is 0.847. The van der Waals surface area contributed by atoms with E-state index >= 15 is 0 Å². The molecule has 0 bridgehead atoms. The fraction of sp³-hybridized carbons (Fsp3) is 0.235. The Morgan fingerprint density at radius 1 is 1.18 bits per heavy atom. The maximum Gasteiger partial charge on any atom is 0.220 e. The molecule has 116 valence electrons. The zero-order valence-corrected chi connectivity index (χ0v) is 14.4. The van der Waals surface area contributed by atoms with Gasteiger partial charge in [0.15, 0.2) is 0 Å². The summed E-state index contributed by atoms with van der Waals surface area (Å²) >= 11 is 5.10. The number of carbonyl (C=O) groups is 1. The van der Waals surface area contributed by atoms with Crippen LogP contribution >= 0.6 is 27.7 Å². The van der Waals surface area contributed by atoms with Crippen LogP contribution in [0.4, 0.5) is 4.39 Å². The Balaban J connectivity index is 1.62. The minimum atomic E-state index is -0.260. The van der Waals surface area contributed by atoms with E-state index in [0.29, 0.717) is 19.4 Å². The number of amides is 1. The quantitative estimate of drug-likeness (QED) is 0.567. The number of rotatable bonds is 7. The van der Waals surface area contributed by atoms with Crippen LogP contribution < -0.4 is 5.32 Å². The third kappa shape index (κ3) is 6.20. The summed E-state index contributed by atoms with van der Waals surface area (Å²) in [6.07, 6.45) is 0.940. The summed E-state index contributed by atoms with van der Waals surface area (Å²) in [4.78, 5) is 12.9. The average Bonchev–Trinajstić information content (AvgIpc) is 2.51. The molecule has 22 heavy (non-hydrogen) atoms. The maximum absolute atomic E-state index is 13.0. The molecule has 0 saturated heterocycles. The minimum absolute atomic E-state index is 0.000618. The lowest BCUT2D eigenvalue weighted by Gasteiger charge is -2.06. The topological polar surface area (TPSA) is 29.1 Å². The van der Waals surface area contributed by atoms with Crippen LogP contribution in [0.25, 0.3) is 0 Å². The molecular weight excluding hydrogens is 365 g/mol. The molecule has 5 heteroatoms. The van der Waals surface area contributed by atoms with Crippen molar-refractivity contribution in [3.63, 3.8) is 0 Å². The SMILES string of the molecule is O=C(CCc1cccc(F)c1)NCCSc1ccc(Br)cc1. The number of carbonyl (C=O) groups excluding carboxylic acids is 1. The van der Waals surface area contributed by atoms with Crippen LogP contribution in [0.3, 0.4) is 0 Å². The fourth-order valence-corrected chi connectivity index (χ4v) is 2.96. The van der Waals surface area contributed by atoms with Crippen LogP contribution in [0.1, 0.15) is 12.0 Å². The summed E-state index contributed by atoms with van der Waals surface area (Å²) in [5, 5.41) is 2.89. The van der Waals surface area contributed by atoms with Gasteiger partial charge in [-0.3, -0.25) is 4.79 Å². The second-order valence-electron chi connectivity index (χ2n) is 4.78. The Labute approximate surface area is 142 Å². The molecule has 0 fully saturated rings. The summed E-state index contributed by atoms with van der Waals surface area (Å²) in [6, 6.07) is 14.5. The van der Waals surface area contributed by atoms with Gasteiger partial charge in [0.05, 0.1) is 0 Å². The monoisotopic (exact) mass is 381 g/mol. The van der Waals surface area contributed by atoms with Gasteiger partial charge in [0, 0.05) is 28.1 Å². The Morgan fingerprint density at radius 2 is 1.95 bits per heavy atom. The zero-order valence-electron chi connectivity index (χ0n) is 12.0. The van der Waals surface area contributed by atoms with Gasteiger partial charge < -0.3 is 5.32 Å². The van der Waals surface area contributed by atoms with E-state index in [9.17, 15) is 9.18 Å². The van der Waals surface area contributed by atoms with E-state index in [4.69, 9.17) is 0 Å². The van der Waals surface area contributed by atoms with Crippen LogP contribution in [-0.2, 0) is 11.2 Å². The molecule has 0 atom stereocenters. The van der Waals surface area contributed by atoms with Crippen molar-refractivity contribution < 1.29 is 9.18 Å². The van der Waals surface area contributed by atoms with Crippen molar-refractivity contribution in [3.05, 3.63) is 64.4 Å². The molecule has 0 aromatic heterocycles. The van der Waals surface area contributed by atoms with Crippen LogP contribution in [0, 0.1) is 5.82 Å². The third-order valence-electron chi connectivity index (χ3n) is 3.04. The molecule has 0 heterocycles. The van der Waals surface area contributed by atoms with E-state index in [0.717, 1.165) is 15.8 Å². The number of halogens is 2. The Morgan fingerprint density at radius 3 is 2.68 bits per heavy atom. The van der Waals surface area contributed by atoms with E-state index in [2.05, 4.69) is 21.2 Å². The van der Waals surface area contributed by atoms with Gasteiger partial charge in [-0.25, -0.2) is 4.39 Å². The zero-order chi connectivity index (χ0) is 15.8. The Kier molecular flexibility index (Phi) is 6.93. The highest BCUT2D eigenvalue weighted by Gasteiger charge is 2.03. The number of nitrogens with one attached hydrogen (secondary N) is 1. The number of benzene rings is 2. The predicted molar refractivity (Wildman–Crippen MR) is 92.6 cm³/mol. The number of hydrogen-bond acceptors (Lipinski definition) is 2. The molecule has 0 unspecified atom stereocenters. The highest BCUT2D eigenvalue weighted by molar-refractivity contribution is 9.10. The molecule has 2 aromatic rings. The standard InChI is InChI=1S/C17H17BrFNOS/c18-14-5-7-16(8-6-14)22-11-10-20-17(21)9-4-13-2-1-3-15(19)12-13/h1-3,5-8,12H,4,9-11H2,(H,20,21). The molecule has 0 spiro atoms. The molecule has 0 aliphatic carbocycles. The van der Waals surface area contributed by atoms with Crippen molar-refractivity contribution in [2.45, 2.75) is 17.7 Å². The van der Waals surface area contributed by atoms with Gasteiger partial charge in [0.1, 0.15) is 5.82 Å². The molecule has 0 aliphatic rings. The van der Waals surface area contributed by atoms with Crippen molar-refractivity contribution >= 4 is 33.6 Å². The second-order valence-corrected chi connectivity index (χ2v) is 6.87. The van der Waals surface area contributed by atoms with Gasteiger partial charge in [-0.05, 0) is 48.4 Å². The Hall–Kier alpha value is -1.33. The molecule has 2 aromatic carbocycles. The van der Waals surface area contributed by atoms with Crippen LogP contribution in [0.5, 0.6) is 0 Å². The van der Waals surface area contributed by atoms with Crippen molar-refractivity contribution in [3.8, 4) is 0 Å². The smallest absolute Gasteiger partial charge is 0.220 e. The summed E-state index contributed by atoms with van der Waals surface area (Å²) in [5.74, 6) is 0.567. The minimum Gasteiger partial charge on any atom is -0.355 e. The van der Waals surface area contributed by atoms with Gasteiger partial charge in [-0.2, -0.15) is 0 Å². The lowest BCUT2D eigenvalue weighted by atomic mass is 10.1. The van der Waals surface area contributed by atoms with E-state index in [1.54, 1.807) is 17.8 Å². The largest absolute Gasteiger partial charge is 0.355 e. The van der Waals surface area contributed by atoms with Gasteiger partial charge in [-0.15, -0.1) is 11.8 Å². The van der Waals surface area contributed by atoms with E-state index < -0.39 is 0 Å². The normalized spacial score (nSPS) is 10.5. The number of thioether (sulfide) groups is 1. The maximum atomic E-state index is 13.0. The lowest BCUT2D eigenvalue weighted by molar-refractivity contribution is -0.120. The van der Waals surface area contributed by atoms with Gasteiger partial charge >= 0.3 is 0 Å². The Bertz CT molecular complexity index is 618. The number of aryl methyl sites for hydroxylation is 1. The molecule has 0 aliphatic heterocycles. The molecule has 0 saturated carbocycles. The summed E-state index contributed by atoms with van der Waals surface area (Å²) < 4.78 is 14.1. The fourth-order valence-electron chi connectivity index (χ4n) is 1.93. The molecule has 2 nitrogen and oxygen atoms in total. The molecule has 1 N–H and O–H groups in total. The van der Waals surface area contributed by atoms with E-state index in [1.807, 2.05) is 30.3 Å². The molecule has 1 amide bonds. The molecule has 2 rings (SSSR count). The van der Waals surface area contributed by atoms with E-state index in [1.165, 1.54) is 17.0 Å². The van der Waals surface area contributed by atoms with Crippen LogP contribution in [-0.4, -0.2) is 18.2 Å². The first-order valence-corrected chi connectivity index (χ1v) is 8.81. The van der Waals surface area contributed by atoms with Crippen LogP contribution in [0.15, 0.2) is 57.9 Å².